The molecule has 0 saturated carbocycles. The predicted molar refractivity (Wildman–Crippen MR) is 56.6 cm³/mol. The predicted octanol–water partition coefficient (Wildman–Crippen LogP) is 2.22. The first kappa shape index (κ1) is 11.4. The Kier molecular flexibility index (Phi) is 3.86. The van der Waals surface area contributed by atoms with E-state index in [1.54, 1.807) is 12.1 Å². The van der Waals surface area contributed by atoms with Crippen LogP contribution in [0, 0.1) is 5.82 Å². The van der Waals surface area contributed by atoms with Crippen molar-refractivity contribution in [1.29, 1.82) is 0 Å². The minimum Gasteiger partial charge on any atom is -0.326 e. The molecule has 4 N–H and O–H groups in total. The fourth-order valence-electron chi connectivity index (χ4n) is 1.26. The highest BCUT2D eigenvalue weighted by Gasteiger charge is 2.17. The maximum absolute atomic E-state index is 13.4. The van der Waals surface area contributed by atoms with Gasteiger partial charge in [-0.15, -0.1) is 0 Å². The molecule has 4 heteroatoms. The van der Waals surface area contributed by atoms with Gasteiger partial charge >= 0.3 is 0 Å². The van der Waals surface area contributed by atoms with E-state index in [1.807, 2.05) is 6.92 Å². The summed E-state index contributed by atoms with van der Waals surface area (Å²) in [6.07, 6.45) is 0.712. The van der Waals surface area contributed by atoms with Crippen molar-refractivity contribution in [1.82, 2.24) is 0 Å². The fourth-order valence-corrected chi connectivity index (χ4v) is 1.42. The molecule has 0 aliphatic carbocycles. The van der Waals surface area contributed by atoms with Gasteiger partial charge in [-0.2, -0.15) is 0 Å². The van der Waals surface area contributed by atoms with Gasteiger partial charge in [-0.05, 0) is 18.6 Å². The molecule has 0 aromatic heterocycles. The second-order valence-electron chi connectivity index (χ2n) is 3.26. The van der Waals surface area contributed by atoms with E-state index in [2.05, 4.69) is 0 Å². The summed E-state index contributed by atoms with van der Waals surface area (Å²) in [6, 6.07) is 3.74. The molecule has 0 fully saturated rings. The molecule has 2 atom stereocenters. The fraction of sp³-hybridized carbons (Fsp3) is 0.400. The summed E-state index contributed by atoms with van der Waals surface area (Å²) in [5.74, 6) is -0.395. The van der Waals surface area contributed by atoms with Crippen LogP contribution < -0.4 is 11.5 Å². The SMILES string of the molecule is CCC(N)C(N)c1ccc(Cl)cc1F. The van der Waals surface area contributed by atoms with Crippen LogP contribution in [-0.2, 0) is 0 Å². The zero-order chi connectivity index (χ0) is 10.7. The van der Waals surface area contributed by atoms with Gasteiger partial charge in [0, 0.05) is 22.7 Å². The summed E-state index contributed by atoms with van der Waals surface area (Å²) in [7, 11) is 0. The molecule has 0 radical (unpaired) electrons. The quantitative estimate of drug-likeness (QED) is 0.814. The van der Waals surface area contributed by atoms with Crippen molar-refractivity contribution in [2.75, 3.05) is 0 Å². The highest BCUT2D eigenvalue weighted by molar-refractivity contribution is 6.30. The topological polar surface area (TPSA) is 52.0 Å². The standard InChI is InChI=1S/C10H14ClFN2/c1-2-9(13)10(14)7-4-3-6(11)5-8(7)12/h3-5,9-10H,2,13-14H2,1H3. The van der Waals surface area contributed by atoms with E-state index in [9.17, 15) is 4.39 Å². The van der Waals surface area contributed by atoms with Crippen LogP contribution >= 0.6 is 11.6 Å². The van der Waals surface area contributed by atoms with Crippen molar-refractivity contribution >= 4 is 11.6 Å². The minimum absolute atomic E-state index is 0.231. The highest BCUT2D eigenvalue weighted by Crippen LogP contribution is 2.21. The van der Waals surface area contributed by atoms with E-state index in [0.29, 0.717) is 17.0 Å². The molecule has 0 aliphatic rings. The molecule has 0 amide bonds. The van der Waals surface area contributed by atoms with Crippen LogP contribution in [0.15, 0.2) is 18.2 Å². The van der Waals surface area contributed by atoms with Gasteiger partial charge in [0.15, 0.2) is 0 Å². The van der Waals surface area contributed by atoms with Crippen LogP contribution in [0.1, 0.15) is 24.9 Å². The molecular formula is C10H14ClFN2. The highest BCUT2D eigenvalue weighted by atomic mass is 35.5. The number of halogens is 2. The first-order valence-electron chi connectivity index (χ1n) is 4.52. The molecule has 14 heavy (non-hydrogen) atoms. The van der Waals surface area contributed by atoms with Gasteiger partial charge in [-0.3, -0.25) is 0 Å². The summed E-state index contributed by atoms with van der Waals surface area (Å²) in [5, 5.41) is 0.364. The Morgan fingerprint density at radius 3 is 2.57 bits per heavy atom. The zero-order valence-corrected chi connectivity index (χ0v) is 8.76. The first-order valence-corrected chi connectivity index (χ1v) is 4.90. The van der Waals surface area contributed by atoms with Crippen molar-refractivity contribution in [3.63, 3.8) is 0 Å². The Bertz CT molecular complexity index is 317. The third kappa shape index (κ3) is 2.44. The van der Waals surface area contributed by atoms with Gasteiger partial charge in [-0.1, -0.05) is 24.6 Å². The van der Waals surface area contributed by atoms with E-state index >= 15 is 0 Å². The van der Waals surface area contributed by atoms with Gasteiger partial charge in [0.2, 0.25) is 0 Å². The zero-order valence-electron chi connectivity index (χ0n) is 8.00. The van der Waals surface area contributed by atoms with Crippen molar-refractivity contribution < 1.29 is 4.39 Å². The third-order valence-corrected chi connectivity index (χ3v) is 2.49. The Morgan fingerprint density at radius 1 is 1.43 bits per heavy atom. The molecular weight excluding hydrogens is 203 g/mol. The second-order valence-corrected chi connectivity index (χ2v) is 3.70. The van der Waals surface area contributed by atoms with Crippen molar-refractivity contribution in [3.05, 3.63) is 34.6 Å². The number of hydrogen-bond acceptors (Lipinski definition) is 2. The maximum atomic E-state index is 13.4. The summed E-state index contributed by atoms with van der Waals surface area (Å²) in [5.41, 5.74) is 11.9. The molecule has 0 spiro atoms. The Balaban J connectivity index is 2.95. The second kappa shape index (κ2) is 4.73. The lowest BCUT2D eigenvalue weighted by Gasteiger charge is -2.19. The lowest BCUT2D eigenvalue weighted by atomic mass is 9.99. The lowest BCUT2D eigenvalue weighted by molar-refractivity contribution is 0.502. The average molecular weight is 217 g/mol. The normalized spacial score (nSPS) is 15.2. The van der Waals surface area contributed by atoms with Crippen LogP contribution in [0.25, 0.3) is 0 Å². The third-order valence-electron chi connectivity index (χ3n) is 2.25. The molecule has 0 heterocycles. The summed E-state index contributed by atoms with van der Waals surface area (Å²) in [4.78, 5) is 0. The van der Waals surface area contributed by atoms with Crippen LogP contribution in [0.4, 0.5) is 4.39 Å². The van der Waals surface area contributed by atoms with E-state index in [1.165, 1.54) is 6.07 Å². The minimum atomic E-state index is -0.475. The molecule has 2 nitrogen and oxygen atoms in total. The van der Waals surface area contributed by atoms with Crippen molar-refractivity contribution in [2.45, 2.75) is 25.4 Å². The Morgan fingerprint density at radius 2 is 2.07 bits per heavy atom. The van der Waals surface area contributed by atoms with Gasteiger partial charge < -0.3 is 11.5 Å². The molecule has 2 unspecified atom stereocenters. The Hall–Kier alpha value is -0.640. The number of benzene rings is 1. The molecule has 1 rings (SSSR count). The monoisotopic (exact) mass is 216 g/mol. The first-order chi connectivity index (χ1) is 6.56. The summed E-state index contributed by atoms with van der Waals surface area (Å²) < 4.78 is 13.4. The molecule has 0 aliphatic heterocycles. The summed E-state index contributed by atoms with van der Waals surface area (Å²) >= 11 is 5.62. The molecule has 0 saturated heterocycles. The lowest BCUT2D eigenvalue weighted by Crippen LogP contribution is -2.33. The van der Waals surface area contributed by atoms with Crippen LogP contribution in [0.2, 0.25) is 5.02 Å². The summed E-state index contributed by atoms with van der Waals surface area (Å²) in [6.45, 7) is 1.92. The van der Waals surface area contributed by atoms with Gasteiger partial charge in [0.1, 0.15) is 5.82 Å². The van der Waals surface area contributed by atoms with Gasteiger partial charge in [0.25, 0.3) is 0 Å². The van der Waals surface area contributed by atoms with Crippen molar-refractivity contribution in [3.8, 4) is 0 Å². The van der Waals surface area contributed by atoms with Crippen LogP contribution in [-0.4, -0.2) is 6.04 Å². The van der Waals surface area contributed by atoms with E-state index < -0.39 is 11.9 Å². The molecule has 1 aromatic rings. The van der Waals surface area contributed by atoms with E-state index in [0.717, 1.165) is 0 Å². The molecule has 0 bridgehead atoms. The number of hydrogen-bond donors (Lipinski definition) is 2. The van der Waals surface area contributed by atoms with E-state index in [-0.39, 0.29) is 6.04 Å². The number of rotatable bonds is 3. The van der Waals surface area contributed by atoms with Crippen LogP contribution in [0.3, 0.4) is 0 Å². The molecule has 78 valence electrons. The molecule has 1 aromatic carbocycles. The Labute approximate surface area is 88.0 Å². The van der Waals surface area contributed by atoms with Crippen molar-refractivity contribution in [2.24, 2.45) is 11.5 Å². The van der Waals surface area contributed by atoms with Gasteiger partial charge in [0.05, 0.1) is 0 Å². The van der Waals surface area contributed by atoms with E-state index in [4.69, 9.17) is 23.1 Å². The smallest absolute Gasteiger partial charge is 0.129 e. The average Bonchev–Trinajstić information content (AvgIpc) is 2.15. The maximum Gasteiger partial charge on any atom is 0.129 e. The van der Waals surface area contributed by atoms with Crippen LogP contribution in [0.5, 0.6) is 0 Å². The largest absolute Gasteiger partial charge is 0.326 e. The number of nitrogens with two attached hydrogens (primary N) is 2. The van der Waals surface area contributed by atoms with Gasteiger partial charge in [-0.25, -0.2) is 4.39 Å².